The van der Waals surface area contributed by atoms with Crippen LogP contribution in [0.1, 0.15) is 18.6 Å². The number of hydrogen-bond donors (Lipinski definition) is 1. The van der Waals surface area contributed by atoms with Gasteiger partial charge in [-0.05, 0) is 24.6 Å². The van der Waals surface area contributed by atoms with Crippen LogP contribution in [0.15, 0.2) is 18.2 Å². The molecule has 0 amide bonds. The first-order valence-corrected chi connectivity index (χ1v) is 8.01. The number of aliphatic hydroxyl groups is 1. The van der Waals surface area contributed by atoms with Crippen LogP contribution in [0, 0.1) is 0 Å². The van der Waals surface area contributed by atoms with Crippen molar-refractivity contribution in [3.63, 3.8) is 0 Å². The van der Waals surface area contributed by atoms with Gasteiger partial charge in [0.25, 0.3) is 0 Å². The summed E-state index contributed by atoms with van der Waals surface area (Å²) >= 11 is 6.12. The molecule has 0 unspecified atom stereocenters. The minimum absolute atomic E-state index is 0.0813. The molecule has 0 spiro atoms. The number of benzene rings is 1. The third-order valence-electron chi connectivity index (χ3n) is 2.66. The molecule has 0 radical (unpaired) electrons. The van der Waals surface area contributed by atoms with Gasteiger partial charge in [0.2, 0.25) is 0 Å². The first-order chi connectivity index (χ1) is 8.20. The van der Waals surface area contributed by atoms with E-state index in [4.69, 9.17) is 11.6 Å². The van der Waals surface area contributed by atoms with Gasteiger partial charge in [-0.25, -0.2) is 8.42 Å². The van der Waals surface area contributed by atoms with Crippen molar-refractivity contribution in [3.8, 4) is 0 Å². The summed E-state index contributed by atoms with van der Waals surface area (Å²) in [5.41, 5.74) is 1.49. The lowest BCUT2D eigenvalue weighted by Gasteiger charge is -2.21. The first kappa shape index (κ1) is 15.3. The third kappa shape index (κ3) is 4.48. The van der Waals surface area contributed by atoms with E-state index in [2.05, 4.69) is 0 Å². The molecule has 18 heavy (non-hydrogen) atoms. The maximum absolute atomic E-state index is 11.1. The molecule has 0 aliphatic carbocycles. The molecule has 0 heterocycles. The fourth-order valence-corrected chi connectivity index (χ4v) is 2.45. The van der Waals surface area contributed by atoms with Crippen molar-refractivity contribution in [1.82, 2.24) is 0 Å². The fraction of sp³-hybridized carbons (Fsp3) is 0.500. The van der Waals surface area contributed by atoms with E-state index in [1.807, 2.05) is 0 Å². The second-order valence-electron chi connectivity index (χ2n) is 4.44. The minimum atomic E-state index is -2.99. The zero-order chi connectivity index (χ0) is 13.9. The molecular weight excluding hydrogens is 274 g/mol. The quantitative estimate of drug-likeness (QED) is 0.900. The highest BCUT2D eigenvalue weighted by atomic mass is 35.5. The molecule has 102 valence electrons. The number of aliphatic hydroxyl groups excluding tert-OH is 1. The maximum Gasteiger partial charge on any atom is 0.149 e. The largest absolute Gasteiger partial charge is 0.389 e. The van der Waals surface area contributed by atoms with E-state index in [0.29, 0.717) is 11.6 Å². The Labute approximate surface area is 113 Å². The summed E-state index contributed by atoms with van der Waals surface area (Å²) in [5, 5.41) is 9.94. The van der Waals surface area contributed by atoms with Gasteiger partial charge < -0.3 is 10.0 Å². The Morgan fingerprint density at radius 2 is 2.06 bits per heavy atom. The number of nitrogens with zero attached hydrogens (tertiary/aromatic N) is 1. The molecule has 4 nitrogen and oxygen atoms in total. The molecule has 1 N–H and O–H groups in total. The highest BCUT2D eigenvalue weighted by molar-refractivity contribution is 7.90. The second kappa shape index (κ2) is 5.91. The van der Waals surface area contributed by atoms with Crippen LogP contribution < -0.4 is 4.90 Å². The summed E-state index contributed by atoms with van der Waals surface area (Å²) in [6, 6.07) is 5.26. The Kier molecular flexibility index (Phi) is 5.01. The smallest absolute Gasteiger partial charge is 0.149 e. The van der Waals surface area contributed by atoms with Crippen molar-refractivity contribution in [2.24, 2.45) is 0 Å². The standard InChI is InChI=1S/C12H18ClNO3S/c1-9(15)10-4-5-12(11(13)8-10)14(2)6-7-18(3,16)17/h4-5,8-9,15H,6-7H2,1-3H3/t9-/m1/s1. The molecule has 0 saturated heterocycles. The normalized spacial score (nSPS) is 13.4. The van der Waals surface area contributed by atoms with Gasteiger partial charge in [0.1, 0.15) is 9.84 Å². The molecule has 0 saturated carbocycles. The van der Waals surface area contributed by atoms with Crippen molar-refractivity contribution in [1.29, 1.82) is 0 Å². The fourth-order valence-electron chi connectivity index (χ4n) is 1.52. The van der Waals surface area contributed by atoms with Crippen molar-refractivity contribution in [3.05, 3.63) is 28.8 Å². The molecule has 0 aliphatic heterocycles. The Balaban J connectivity index is 2.84. The van der Waals surface area contributed by atoms with E-state index in [1.165, 1.54) is 6.26 Å². The Morgan fingerprint density at radius 3 is 2.50 bits per heavy atom. The highest BCUT2D eigenvalue weighted by Gasteiger charge is 2.11. The topological polar surface area (TPSA) is 57.6 Å². The van der Waals surface area contributed by atoms with Crippen LogP contribution in [0.5, 0.6) is 0 Å². The molecule has 1 aromatic rings. The van der Waals surface area contributed by atoms with E-state index in [9.17, 15) is 13.5 Å². The van der Waals surface area contributed by atoms with Gasteiger partial charge in [0.15, 0.2) is 0 Å². The van der Waals surface area contributed by atoms with Crippen molar-refractivity contribution >= 4 is 27.1 Å². The molecular formula is C12H18ClNO3S. The zero-order valence-corrected chi connectivity index (χ0v) is 12.3. The van der Waals surface area contributed by atoms with Crippen LogP contribution >= 0.6 is 11.6 Å². The average Bonchev–Trinajstić information content (AvgIpc) is 2.24. The van der Waals surface area contributed by atoms with Crippen molar-refractivity contribution < 1.29 is 13.5 Å². The van der Waals surface area contributed by atoms with Crippen LogP contribution in [0.25, 0.3) is 0 Å². The second-order valence-corrected chi connectivity index (χ2v) is 7.11. The van der Waals surface area contributed by atoms with Crippen LogP contribution in [0.4, 0.5) is 5.69 Å². The zero-order valence-electron chi connectivity index (χ0n) is 10.7. The Morgan fingerprint density at radius 1 is 1.44 bits per heavy atom. The molecule has 0 bridgehead atoms. The van der Waals surface area contributed by atoms with Crippen LogP contribution in [0.2, 0.25) is 5.02 Å². The SMILES string of the molecule is C[C@@H](O)c1ccc(N(C)CCS(C)(=O)=O)c(Cl)c1. The summed E-state index contributed by atoms with van der Waals surface area (Å²) < 4.78 is 22.2. The van der Waals surface area contributed by atoms with Gasteiger partial charge in [-0.1, -0.05) is 17.7 Å². The number of anilines is 1. The number of hydrogen-bond acceptors (Lipinski definition) is 4. The van der Waals surface area contributed by atoms with E-state index >= 15 is 0 Å². The van der Waals surface area contributed by atoms with Crippen LogP contribution in [0.3, 0.4) is 0 Å². The molecule has 6 heteroatoms. The maximum atomic E-state index is 11.1. The predicted octanol–water partition coefficient (Wildman–Crippen LogP) is 1.87. The third-order valence-corrected chi connectivity index (χ3v) is 3.89. The van der Waals surface area contributed by atoms with Gasteiger partial charge in [-0.3, -0.25) is 0 Å². The van der Waals surface area contributed by atoms with Crippen molar-refractivity contribution in [2.45, 2.75) is 13.0 Å². The molecule has 0 fully saturated rings. The van der Waals surface area contributed by atoms with Crippen LogP contribution in [-0.2, 0) is 9.84 Å². The average molecular weight is 292 g/mol. The van der Waals surface area contributed by atoms with Gasteiger partial charge >= 0.3 is 0 Å². The molecule has 1 rings (SSSR count). The molecule has 0 aromatic heterocycles. The minimum Gasteiger partial charge on any atom is -0.389 e. The van der Waals surface area contributed by atoms with Crippen molar-refractivity contribution in [2.75, 3.05) is 30.5 Å². The summed E-state index contributed by atoms with van der Waals surface area (Å²) in [6.07, 6.45) is 0.636. The molecule has 0 aliphatic rings. The Bertz CT molecular complexity index is 514. The lowest BCUT2D eigenvalue weighted by atomic mass is 10.1. The first-order valence-electron chi connectivity index (χ1n) is 5.57. The number of halogens is 1. The summed E-state index contributed by atoms with van der Waals surface area (Å²) in [6.45, 7) is 2.05. The van der Waals surface area contributed by atoms with E-state index in [0.717, 1.165) is 11.3 Å². The summed E-state index contributed by atoms with van der Waals surface area (Å²) in [4.78, 5) is 1.79. The molecule has 1 atom stereocenters. The van der Waals surface area contributed by atoms with Gasteiger partial charge in [0.05, 0.1) is 22.6 Å². The van der Waals surface area contributed by atoms with E-state index in [1.54, 1.807) is 37.1 Å². The van der Waals surface area contributed by atoms with Gasteiger partial charge in [-0.2, -0.15) is 0 Å². The summed E-state index contributed by atoms with van der Waals surface area (Å²) in [7, 11) is -1.20. The van der Waals surface area contributed by atoms with Gasteiger partial charge in [-0.15, -0.1) is 0 Å². The van der Waals surface area contributed by atoms with E-state index < -0.39 is 15.9 Å². The lowest BCUT2D eigenvalue weighted by Crippen LogP contribution is -2.25. The highest BCUT2D eigenvalue weighted by Crippen LogP contribution is 2.28. The lowest BCUT2D eigenvalue weighted by molar-refractivity contribution is 0.199. The van der Waals surface area contributed by atoms with Crippen LogP contribution in [-0.4, -0.2) is 39.1 Å². The predicted molar refractivity (Wildman–Crippen MR) is 75.1 cm³/mol. The monoisotopic (exact) mass is 291 g/mol. The number of sulfone groups is 1. The summed E-state index contributed by atoms with van der Waals surface area (Å²) in [5.74, 6) is 0.0813. The molecule has 1 aromatic carbocycles. The Hall–Kier alpha value is -0.780. The van der Waals surface area contributed by atoms with E-state index in [-0.39, 0.29) is 5.75 Å². The van der Waals surface area contributed by atoms with Gasteiger partial charge in [0, 0.05) is 19.8 Å². The number of rotatable bonds is 5.